The molecule has 1 amide bonds. The molecular weight excluding hydrogens is 502 g/mol. The van der Waals surface area contributed by atoms with Crippen molar-refractivity contribution in [2.24, 2.45) is 13.0 Å². The molecule has 1 aliphatic rings. The summed E-state index contributed by atoms with van der Waals surface area (Å²) in [6.07, 6.45) is 1.23. The van der Waals surface area contributed by atoms with Crippen molar-refractivity contribution in [1.29, 1.82) is 5.41 Å². The van der Waals surface area contributed by atoms with E-state index in [0.29, 0.717) is 11.1 Å². The topological polar surface area (TPSA) is 88.8 Å². The predicted octanol–water partition coefficient (Wildman–Crippen LogP) is 5.36. The minimum absolute atomic E-state index is 0.105. The van der Waals surface area contributed by atoms with Crippen LogP contribution in [0.3, 0.4) is 0 Å². The lowest BCUT2D eigenvalue weighted by Crippen LogP contribution is -2.30. The Morgan fingerprint density at radius 3 is 2.63 bits per heavy atom. The standard InChI is InChI=1S/C27H25F4N5O2/c1-15-9-18(5-6-22(15)28)23(17-3-4-17)33-25(37)20-11-16(13-36-7-8-38-26(36)32)10-19(12-20)21-14-35(2)34-24(21)27(29,30)31/h5-12,14,17,23,32H,3-4,13H2,1-2H3,(H,33,37)/t23-/m0/s1. The van der Waals surface area contributed by atoms with Gasteiger partial charge in [0.2, 0.25) is 0 Å². The van der Waals surface area contributed by atoms with Crippen molar-refractivity contribution in [3.8, 4) is 11.1 Å². The lowest BCUT2D eigenvalue weighted by atomic mass is 9.97. The first kappa shape index (κ1) is 25.5. The Bertz CT molecular complexity index is 1560. The minimum Gasteiger partial charge on any atom is -0.432 e. The summed E-state index contributed by atoms with van der Waals surface area (Å²) >= 11 is 0. The van der Waals surface area contributed by atoms with Crippen LogP contribution in [0, 0.1) is 24.1 Å². The highest BCUT2D eigenvalue weighted by Gasteiger charge is 2.38. The maximum absolute atomic E-state index is 13.9. The lowest BCUT2D eigenvalue weighted by Gasteiger charge is -2.20. The van der Waals surface area contributed by atoms with Crippen molar-refractivity contribution in [2.75, 3.05) is 0 Å². The van der Waals surface area contributed by atoms with Crippen molar-refractivity contribution in [2.45, 2.75) is 38.5 Å². The normalized spacial score (nSPS) is 14.5. The van der Waals surface area contributed by atoms with E-state index in [1.165, 1.54) is 42.4 Å². The molecule has 1 atom stereocenters. The van der Waals surface area contributed by atoms with Crippen molar-refractivity contribution < 1.29 is 26.8 Å². The van der Waals surface area contributed by atoms with Gasteiger partial charge >= 0.3 is 6.18 Å². The van der Waals surface area contributed by atoms with Gasteiger partial charge in [0.25, 0.3) is 11.6 Å². The van der Waals surface area contributed by atoms with E-state index in [9.17, 15) is 22.4 Å². The molecule has 2 heterocycles. The third-order valence-electron chi connectivity index (χ3n) is 6.62. The second-order valence-electron chi connectivity index (χ2n) is 9.61. The molecule has 1 saturated carbocycles. The molecule has 5 rings (SSSR count). The number of nitrogens with one attached hydrogen (secondary N) is 2. The number of aromatic nitrogens is 3. The van der Waals surface area contributed by atoms with E-state index in [1.54, 1.807) is 31.2 Å². The first-order chi connectivity index (χ1) is 18.0. The van der Waals surface area contributed by atoms with E-state index in [4.69, 9.17) is 9.83 Å². The van der Waals surface area contributed by atoms with Crippen LogP contribution in [0.4, 0.5) is 17.6 Å². The van der Waals surface area contributed by atoms with Crippen molar-refractivity contribution >= 4 is 5.91 Å². The molecule has 38 heavy (non-hydrogen) atoms. The van der Waals surface area contributed by atoms with Crippen molar-refractivity contribution in [3.63, 3.8) is 0 Å². The van der Waals surface area contributed by atoms with Crippen LogP contribution in [-0.4, -0.2) is 20.3 Å². The van der Waals surface area contributed by atoms with E-state index >= 15 is 0 Å². The molecule has 198 valence electrons. The highest BCUT2D eigenvalue weighted by molar-refractivity contribution is 5.96. The fraction of sp³-hybridized carbons (Fsp3) is 0.296. The van der Waals surface area contributed by atoms with E-state index in [2.05, 4.69) is 10.4 Å². The second kappa shape index (κ2) is 9.62. The minimum atomic E-state index is -4.69. The summed E-state index contributed by atoms with van der Waals surface area (Å²) in [5, 5.41) is 14.5. The number of nitrogens with zero attached hydrogens (tertiary/aromatic N) is 3. The average Bonchev–Trinajstić information content (AvgIpc) is 3.50. The molecule has 0 saturated heterocycles. The molecule has 2 N–H and O–H groups in total. The van der Waals surface area contributed by atoms with Crippen LogP contribution in [0.2, 0.25) is 0 Å². The van der Waals surface area contributed by atoms with Gasteiger partial charge in [0.05, 0.1) is 12.6 Å². The Morgan fingerprint density at radius 2 is 2.00 bits per heavy atom. The molecule has 1 fully saturated rings. The zero-order valence-electron chi connectivity index (χ0n) is 20.6. The Hall–Kier alpha value is -4.15. The number of benzene rings is 2. The van der Waals surface area contributed by atoms with E-state index in [1.807, 2.05) is 0 Å². The van der Waals surface area contributed by atoms with E-state index in [0.717, 1.165) is 23.1 Å². The lowest BCUT2D eigenvalue weighted by molar-refractivity contribution is -0.140. The number of aryl methyl sites for hydroxylation is 2. The predicted molar refractivity (Wildman–Crippen MR) is 129 cm³/mol. The molecule has 0 radical (unpaired) electrons. The summed E-state index contributed by atoms with van der Waals surface area (Å²) in [5.74, 6) is -0.615. The average molecular weight is 528 g/mol. The number of rotatable bonds is 7. The van der Waals surface area contributed by atoms with E-state index < -0.39 is 17.8 Å². The summed E-state index contributed by atoms with van der Waals surface area (Å²) in [4.78, 5) is 13.5. The fourth-order valence-corrected chi connectivity index (χ4v) is 4.59. The number of oxazole rings is 1. The first-order valence-electron chi connectivity index (χ1n) is 12.0. The highest BCUT2D eigenvalue weighted by Crippen LogP contribution is 2.42. The Balaban J connectivity index is 1.55. The Morgan fingerprint density at radius 1 is 1.24 bits per heavy atom. The van der Waals surface area contributed by atoms with Crippen LogP contribution in [0.1, 0.15) is 51.6 Å². The first-order valence-corrected chi connectivity index (χ1v) is 12.0. The SMILES string of the molecule is Cc1cc([C@@H](NC(=O)c2cc(Cn3ccoc3=N)cc(-c3cn(C)nc3C(F)(F)F)c2)C2CC2)ccc1F. The summed E-state index contributed by atoms with van der Waals surface area (Å²) in [5.41, 5.74) is 0.718. The van der Waals surface area contributed by atoms with Gasteiger partial charge in [-0.2, -0.15) is 18.3 Å². The van der Waals surface area contributed by atoms with Gasteiger partial charge in [-0.05, 0) is 72.2 Å². The van der Waals surface area contributed by atoms with E-state index in [-0.39, 0.29) is 46.7 Å². The number of carbonyl (C=O) groups is 1. The summed E-state index contributed by atoms with van der Waals surface area (Å²) in [6.45, 7) is 1.76. The van der Waals surface area contributed by atoms with Gasteiger partial charge in [0, 0.05) is 30.6 Å². The molecule has 0 aliphatic heterocycles. The van der Waals surface area contributed by atoms with Gasteiger partial charge in [-0.3, -0.25) is 19.5 Å². The second-order valence-corrected chi connectivity index (χ2v) is 9.61. The monoisotopic (exact) mass is 527 g/mol. The Labute approximate surface area is 215 Å². The number of hydrogen-bond donors (Lipinski definition) is 2. The molecule has 11 heteroatoms. The van der Waals surface area contributed by atoms with Crippen LogP contribution >= 0.6 is 0 Å². The number of halogens is 4. The molecule has 4 aromatic rings. The summed E-state index contributed by atoms with van der Waals surface area (Å²) in [7, 11) is 1.40. The van der Waals surface area contributed by atoms with Gasteiger partial charge in [0.15, 0.2) is 5.69 Å². The quantitative estimate of drug-likeness (QED) is 0.317. The fourth-order valence-electron chi connectivity index (χ4n) is 4.59. The zero-order valence-corrected chi connectivity index (χ0v) is 20.6. The molecule has 2 aromatic heterocycles. The zero-order chi connectivity index (χ0) is 27.2. The molecule has 1 aliphatic carbocycles. The van der Waals surface area contributed by atoms with Gasteiger partial charge < -0.3 is 9.73 Å². The van der Waals surface area contributed by atoms with Crippen LogP contribution in [0.5, 0.6) is 0 Å². The molecule has 0 bridgehead atoms. The van der Waals surface area contributed by atoms with Gasteiger partial charge in [-0.15, -0.1) is 0 Å². The van der Waals surface area contributed by atoms with Crippen molar-refractivity contribution in [1.82, 2.24) is 19.7 Å². The number of alkyl halides is 3. The maximum Gasteiger partial charge on any atom is 0.435 e. The number of amides is 1. The summed E-state index contributed by atoms with van der Waals surface area (Å²) < 4.78 is 62.7. The van der Waals surface area contributed by atoms with Gasteiger partial charge in [0.1, 0.15) is 12.1 Å². The third kappa shape index (κ3) is 5.27. The smallest absolute Gasteiger partial charge is 0.432 e. The Kier molecular flexibility index (Phi) is 6.46. The third-order valence-corrected chi connectivity index (χ3v) is 6.62. The van der Waals surface area contributed by atoms with Crippen molar-refractivity contribution in [3.05, 3.63) is 94.5 Å². The molecular formula is C27H25F4N5O2. The van der Waals surface area contributed by atoms with Gasteiger partial charge in [-0.25, -0.2) is 4.39 Å². The van der Waals surface area contributed by atoms with Crippen LogP contribution in [-0.2, 0) is 19.8 Å². The highest BCUT2D eigenvalue weighted by atomic mass is 19.4. The van der Waals surface area contributed by atoms with Gasteiger partial charge in [-0.1, -0.05) is 12.1 Å². The molecule has 0 unspecified atom stereocenters. The largest absolute Gasteiger partial charge is 0.435 e. The molecule has 7 nitrogen and oxygen atoms in total. The number of hydrogen-bond acceptors (Lipinski definition) is 4. The number of carbonyl (C=O) groups excluding carboxylic acids is 1. The maximum atomic E-state index is 13.9. The summed E-state index contributed by atoms with van der Waals surface area (Å²) in [6, 6.07) is 8.90. The molecule has 2 aromatic carbocycles. The van der Waals surface area contributed by atoms with Crippen LogP contribution in [0.15, 0.2) is 59.5 Å². The molecule has 0 spiro atoms. The van der Waals surface area contributed by atoms with Crippen LogP contribution in [0.25, 0.3) is 11.1 Å². The van der Waals surface area contributed by atoms with Crippen LogP contribution < -0.4 is 11.0 Å².